The molecule has 0 aliphatic heterocycles. The number of carbonyl (C=O) groups excluding carboxylic acids is 2. The fraction of sp³-hybridized carbons (Fsp3) is 0.273. The zero-order valence-electron chi connectivity index (χ0n) is 9.92. The van der Waals surface area contributed by atoms with Crippen LogP contribution in [0.4, 0.5) is 0 Å². The molecule has 1 amide bonds. The van der Waals surface area contributed by atoms with Crippen LogP contribution in [0.2, 0.25) is 0 Å². The first kappa shape index (κ1) is 15.1. The van der Waals surface area contributed by atoms with Crippen LogP contribution in [0.25, 0.3) is 0 Å². The molecule has 0 saturated carbocycles. The average Bonchev–Trinajstić information content (AvgIpc) is 2.38. The molecule has 2 N–H and O–H groups in total. The van der Waals surface area contributed by atoms with Crippen LogP contribution in [0, 0.1) is 0 Å². The van der Waals surface area contributed by atoms with Gasteiger partial charge in [-0.1, -0.05) is 0 Å². The molecule has 0 spiro atoms. The average molecular weight is 331 g/mol. The van der Waals surface area contributed by atoms with Crippen molar-refractivity contribution in [3.05, 3.63) is 28.5 Å². The lowest BCUT2D eigenvalue weighted by atomic mass is 10.2. The lowest BCUT2D eigenvalue weighted by Crippen LogP contribution is -2.42. The normalized spacial score (nSPS) is 11.5. The number of nitrogens with zero attached hydrogens (tertiary/aromatic N) is 1. The molecule has 0 aromatic carbocycles. The molecule has 0 bridgehead atoms. The highest BCUT2D eigenvalue weighted by Gasteiger charge is 2.24. The molecule has 0 unspecified atom stereocenters. The molecular formula is C11H11BrN2O5. The van der Waals surface area contributed by atoms with Crippen LogP contribution >= 0.6 is 15.9 Å². The topological polar surface area (TPSA) is 106 Å². The molecule has 0 aliphatic rings. The summed E-state index contributed by atoms with van der Waals surface area (Å²) in [6.07, 6.45) is 0.845. The third kappa shape index (κ3) is 4.66. The van der Waals surface area contributed by atoms with Crippen LogP contribution in [0.1, 0.15) is 16.8 Å². The Morgan fingerprint density at radius 1 is 1.47 bits per heavy atom. The van der Waals surface area contributed by atoms with Gasteiger partial charge in [-0.2, -0.15) is 0 Å². The maximum absolute atomic E-state index is 11.8. The summed E-state index contributed by atoms with van der Waals surface area (Å²) in [7, 11) is 1.14. The lowest BCUT2D eigenvalue weighted by molar-refractivity contribution is -0.147. The molecular weight excluding hydrogens is 320 g/mol. The second-order valence-electron chi connectivity index (χ2n) is 3.51. The van der Waals surface area contributed by atoms with Crippen LogP contribution in [0.15, 0.2) is 22.9 Å². The summed E-state index contributed by atoms with van der Waals surface area (Å²) < 4.78 is 4.91. The SMILES string of the molecule is COC(=O)C[C@H](NC(=O)c1ccc(Br)nc1)C(=O)O. The Morgan fingerprint density at radius 3 is 2.63 bits per heavy atom. The maximum Gasteiger partial charge on any atom is 0.326 e. The zero-order chi connectivity index (χ0) is 14.4. The van der Waals surface area contributed by atoms with Gasteiger partial charge in [0, 0.05) is 6.20 Å². The summed E-state index contributed by atoms with van der Waals surface area (Å²) in [5.41, 5.74) is 0.194. The quantitative estimate of drug-likeness (QED) is 0.604. The standard InChI is InChI=1S/C11H11BrN2O5/c1-19-9(15)4-7(11(17)18)14-10(16)6-2-3-8(12)13-5-6/h2-3,5,7H,4H2,1H3,(H,14,16)(H,17,18)/t7-/m0/s1. The molecule has 1 rings (SSSR count). The number of rotatable bonds is 5. The molecule has 0 radical (unpaired) electrons. The summed E-state index contributed by atoms with van der Waals surface area (Å²) in [6, 6.07) is 1.68. The van der Waals surface area contributed by atoms with Gasteiger partial charge < -0.3 is 15.2 Å². The number of hydrogen-bond acceptors (Lipinski definition) is 5. The minimum absolute atomic E-state index is 0.194. The highest BCUT2D eigenvalue weighted by Crippen LogP contribution is 2.07. The van der Waals surface area contributed by atoms with Crippen molar-refractivity contribution in [1.82, 2.24) is 10.3 Å². The highest BCUT2D eigenvalue weighted by atomic mass is 79.9. The van der Waals surface area contributed by atoms with E-state index in [4.69, 9.17) is 5.11 Å². The van der Waals surface area contributed by atoms with Crippen molar-refractivity contribution in [2.75, 3.05) is 7.11 Å². The van der Waals surface area contributed by atoms with Gasteiger partial charge in [-0.15, -0.1) is 0 Å². The van der Waals surface area contributed by atoms with Gasteiger partial charge >= 0.3 is 11.9 Å². The van der Waals surface area contributed by atoms with Gasteiger partial charge in [0.15, 0.2) is 0 Å². The Balaban J connectivity index is 2.73. The van der Waals surface area contributed by atoms with Crippen molar-refractivity contribution in [3.63, 3.8) is 0 Å². The van der Waals surface area contributed by atoms with E-state index < -0.39 is 30.3 Å². The minimum Gasteiger partial charge on any atom is -0.480 e. The maximum atomic E-state index is 11.8. The van der Waals surface area contributed by atoms with E-state index in [1.165, 1.54) is 12.3 Å². The number of halogens is 1. The number of nitrogens with one attached hydrogen (secondary N) is 1. The summed E-state index contributed by atoms with van der Waals surface area (Å²) >= 11 is 3.11. The van der Waals surface area contributed by atoms with Gasteiger partial charge in [0.05, 0.1) is 19.1 Å². The van der Waals surface area contributed by atoms with Crippen LogP contribution in [-0.4, -0.2) is 41.1 Å². The number of amides is 1. The molecule has 0 saturated heterocycles. The van der Waals surface area contributed by atoms with Crippen molar-refractivity contribution >= 4 is 33.8 Å². The van der Waals surface area contributed by atoms with E-state index in [2.05, 4.69) is 31.0 Å². The van der Waals surface area contributed by atoms with E-state index in [1.54, 1.807) is 6.07 Å². The fourth-order valence-electron chi connectivity index (χ4n) is 1.20. The van der Waals surface area contributed by atoms with Crippen LogP contribution < -0.4 is 5.32 Å². The van der Waals surface area contributed by atoms with Crippen molar-refractivity contribution < 1.29 is 24.2 Å². The van der Waals surface area contributed by atoms with E-state index in [-0.39, 0.29) is 5.56 Å². The molecule has 8 heteroatoms. The smallest absolute Gasteiger partial charge is 0.326 e. The Hall–Kier alpha value is -1.96. The summed E-state index contributed by atoms with van der Waals surface area (Å²) in [6.45, 7) is 0. The monoisotopic (exact) mass is 330 g/mol. The van der Waals surface area contributed by atoms with Gasteiger partial charge in [-0.3, -0.25) is 9.59 Å². The fourth-order valence-corrected chi connectivity index (χ4v) is 1.44. The van der Waals surface area contributed by atoms with E-state index in [1.807, 2.05) is 0 Å². The third-order valence-corrected chi connectivity index (χ3v) is 2.66. The number of ether oxygens (including phenoxy) is 1. The van der Waals surface area contributed by atoms with E-state index in [0.29, 0.717) is 4.60 Å². The first-order chi connectivity index (χ1) is 8.93. The van der Waals surface area contributed by atoms with Crippen molar-refractivity contribution in [2.24, 2.45) is 0 Å². The second kappa shape index (κ2) is 6.83. The Bertz CT molecular complexity index is 488. The number of methoxy groups -OCH3 is 1. The predicted octanol–water partition coefficient (Wildman–Crippen LogP) is 0.590. The van der Waals surface area contributed by atoms with Gasteiger partial charge in [0.2, 0.25) is 0 Å². The first-order valence-corrected chi connectivity index (χ1v) is 5.95. The molecule has 1 aromatic heterocycles. The van der Waals surface area contributed by atoms with Crippen molar-refractivity contribution in [2.45, 2.75) is 12.5 Å². The largest absolute Gasteiger partial charge is 0.480 e. The number of carbonyl (C=O) groups is 3. The van der Waals surface area contributed by atoms with E-state index in [0.717, 1.165) is 7.11 Å². The molecule has 1 aromatic rings. The van der Waals surface area contributed by atoms with Gasteiger partial charge in [-0.25, -0.2) is 9.78 Å². The molecule has 0 aliphatic carbocycles. The Morgan fingerprint density at radius 2 is 2.16 bits per heavy atom. The van der Waals surface area contributed by atoms with E-state index in [9.17, 15) is 14.4 Å². The summed E-state index contributed by atoms with van der Waals surface area (Å²) in [4.78, 5) is 37.6. The van der Waals surface area contributed by atoms with Crippen molar-refractivity contribution in [3.8, 4) is 0 Å². The van der Waals surface area contributed by atoms with E-state index >= 15 is 0 Å². The van der Waals surface area contributed by atoms with Gasteiger partial charge in [0.25, 0.3) is 5.91 Å². The molecule has 1 heterocycles. The Labute approximate surface area is 117 Å². The number of pyridine rings is 1. The van der Waals surface area contributed by atoms with Crippen molar-refractivity contribution in [1.29, 1.82) is 0 Å². The van der Waals surface area contributed by atoms with Gasteiger partial charge in [0.1, 0.15) is 10.6 Å². The number of carboxylic acid groups (broad SMARTS) is 1. The minimum atomic E-state index is -1.34. The third-order valence-electron chi connectivity index (χ3n) is 2.19. The highest BCUT2D eigenvalue weighted by molar-refractivity contribution is 9.10. The molecule has 19 heavy (non-hydrogen) atoms. The Kier molecular flexibility index (Phi) is 5.43. The summed E-state index contributed by atoms with van der Waals surface area (Å²) in [5, 5.41) is 11.1. The van der Waals surface area contributed by atoms with Crippen LogP contribution in [-0.2, 0) is 14.3 Å². The summed E-state index contributed by atoms with van der Waals surface area (Å²) in [5.74, 6) is -2.67. The van der Waals surface area contributed by atoms with Crippen LogP contribution in [0.3, 0.4) is 0 Å². The lowest BCUT2D eigenvalue weighted by Gasteiger charge is -2.13. The molecule has 1 atom stereocenters. The second-order valence-corrected chi connectivity index (χ2v) is 4.33. The predicted molar refractivity (Wildman–Crippen MR) is 67.5 cm³/mol. The first-order valence-electron chi connectivity index (χ1n) is 5.16. The molecule has 0 fully saturated rings. The number of aromatic nitrogens is 1. The molecule has 102 valence electrons. The zero-order valence-corrected chi connectivity index (χ0v) is 11.5. The number of carboxylic acids is 1. The molecule has 7 nitrogen and oxygen atoms in total. The number of hydrogen-bond donors (Lipinski definition) is 2. The van der Waals surface area contributed by atoms with Gasteiger partial charge in [-0.05, 0) is 28.1 Å². The number of esters is 1. The number of aliphatic carboxylic acids is 1. The van der Waals surface area contributed by atoms with Crippen LogP contribution in [0.5, 0.6) is 0 Å².